The maximum Gasteiger partial charge on any atom is 0.244 e. The Bertz CT molecular complexity index is 558. The summed E-state index contributed by atoms with van der Waals surface area (Å²) in [7, 11) is -0.424. The molecule has 2 rings (SSSR count). The van der Waals surface area contributed by atoms with E-state index >= 15 is 0 Å². The fourth-order valence-electron chi connectivity index (χ4n) is 2.46. The highest BCUT2D eigenvalue weighted by Gasteiger charge is 2.41. The van der Waals surface area contributed by atoms with E-state index in [2.05, 4.69) is 0 Å². The molecule has 1 aromatic heterocycles. The summed E-state index contributed by atoms with van der Waals surface area (Å²) in [6, 6.07) is 0. The Morgan fingerprint density at radius 2 is 1.90 bits per heavy atom. The Balaban J connectivity index is 2.34. The van der Waals surface area contributed by atoms with Gasteiger partial charge in [0.15, 0.2) is 0 Å². The molecule has 1 aliphatic rings. The highest BCUT2D eigenvalue weighted by Crippen LogP contribution is 2.31. The molecule has 2 heterocycles. The van der Waals surface area contributed by atoms with Crippen molar-refractivity contribution in [2.45, 2.75) is 30.6 Å². The number of nitrogens with zero attached hydrogens (tertiary/aromatic N) is 1. The second-order valence-corrected chi connectivity index (χ2v) is 7.58. The maximum atomic E-state index is 12.8. The Kier molecular flexibility index (Phi) is 4.83. The molecule has 1 aliphatic heterocycles. The first kappa shape index (κ1) is 15.9. The Morgan fingerprint density at radius 3 is 2.35 bits per heavy atom. The lowest BCUT2D eigenvalue weighted by atomic mass is 10.3. The highest BCUT2D eigenvalue weighted by molar-refractivity contribution is 7.89. The van der Waals surface area contributed by atoms with Gasteiger partial charge in [-0.3, -0.25) is 0 Å². The smallest absolute Gasteiger partial charge is 0.244 e. The molecule has 2 N–H and O–H groups in total. The monoisotopic (exact) mass is 320 g/mol. The fourth-order valence-corrected chi connectivity index (χ4v) is 5.58. The Morgan fingerprint density at radius 1 is 1.35 bits per heavy atom. The second kappa shape index (κ2) is 6.08. The quantitative estimate of drug-likeness (QED) is 0.857. The van der Waals surface area contributed by atoms with Gasteiger partial charge in [0.25, 0.3) is 0 Å². The minimum absolute atomic E-state index is 0.225. The predicted octanol–water partition coefficient (Wildman–Crippen LogP) is 0.550. The van der Waals surface area contributed by atoms with Crippen molar-refractivity contribution < 1.29 is 17.9 Å². The van der Waals surface area contributed by atoms with Gasteiger partial charge < -0.3 is 15.2 Å². The molecular formula is C12H20N2O4S2. The molecule has 1 saturated heterocycles. The number of hydrogen-bond donors (Lipinski definition) is 1. The maximum absolute atomic E-state index is 12.8. The van der Waals surface area contributed by atoms with E-state index in [1.165, 1.54) is 15.6 Å². The molecule has 0 radical (unpaired) electrons. The first-order chi connectivity index (χ1) is 9.45. The van der Waals surface area contributed by atoms with Gasteiger partial charge in [-0.05, 0) is 17.9 Å². The first-order valence-corrected chi connectivity index (χ1v) is 8.60. The van der Waals surface area contributed by atoms with Crippen LogP contribution >= 0.6 is 11.3 Å². The van der Waals surface area contributed by atoms with Crippen molar-refractivity contribution in [2.75, 3.05) is 27.3 Å². The number of methoxy groups -OCH3 is 2. The third kappa shape index (κ3) is 2.63. The number of nitrogens with two attached hydrogens (primary N) is 1. The van der Waals surface area contributed by atoms with E-state index in [-0.39, 0.29) is 18.8 Å². The average molecular weight is 320 g/mol. The summed E-state index contributed by atoms with van der Waals surface area (Å²) in [4.78, 5) is 1.04. The van der Waals surface area contributed by atoms with Crippen molar-refractivity contribution in [3.8, 4) is 0 Å². The predicted molar refractivity (Wildman–Crippen MR) is 77.3 cm³/mol. The highest BCUT2D eigenvalue weighted by atomic mass is 32.2. The molecule has 0 saturated carbocycles. The molecule has 1 fully saturated rings. The van der Waals surface area contributed by atoms with Crippen molar-refractivity contribution in [3.05, 3.63) is 15.8 Å². The normalized spacial score (nSPS) is 24.4. The molecule has 0 aromatic carbocycles. The summed E-state index contributed by atoms with van der Waals surface area (Å²) in [5, 5.41) is 1.83. The molecule has 20 heavy (non-hydrogen) atoms. The van der Waals surface area contributed by atoms with E-state index in [0.29, 0.717) is 22.9 Å². The number of sulfonamides is 1. The number of rotatable bonds is 5. The summed E-state index contributed by atoms with van der Waals surface area (Å²) in [5.41, 5.74) is 6.39. The fraction of sp³-hybridized carbons (Fsp3) is 0.667. The molecular weight excluding hydrogens is 300 g/mol. The third-order valence-corrected chi connectivity index (χ3v) is 6.88. The van der Waals surface area contributed by atoms with E-state index in [9.17, 15) is 8.42 Å². The molecule has 2 unspecified atom stereocenters. The SMILES string of the molecule is COC1CN(S(=O)(=O)c2c(C)csc2CN)CC1OC. The Labute approximate surface area is 123 Å². The standard InChI is InChI=1S/C12H20N2O4S2/c1-8-7-19-11(4-13)12(8)20(15,16)14-5-9(17-2)10(6-14)18-3/h7,9-10H,4-6,13H2,1-3H3. The topological polar surface area (TPSA) is 81.9 Å². The molecule has 0 amide bonds. The van der Waals surface area contributed by atoms with E-state index in [4.69, 9.17) is 15.2 Å². The summed E-state index contributed by atoms with van der Waals surface area (Å²) in [6.45, 7) is 2.62. The second-order valence-electron chi connectivity index (χ2n) is 4.75. The van der Waals surface area contributed by atoms with E-state index in [1.807, 2.05) is 5.38 Å². The van der Waals surface area contributed by atoms with Crippen LogP contribution in [0.1, 0.15) is 10.4 Å². The third-order valence-electron chi connectivity index (χ3n) is 3.56. The molecule has 114 valence electrons. The van der Waals surface area contributed by atoms with E-state index in [1.54, 1.807) is 21.1 Å². The molecule has 0 bridgehead atoms. The summed E-state index contributed by atoms with van der Waals surface area (Å²) in [6.07, 6.45) is -0.481. The van der Waals surface area contributed by atoms with Crippen LogP contribution in [0.2, 0.25) is 0 Å². The van der Waals surface area contributed by atoms with Crippen molar-refractivity contribution >= 4 is 21.4 Å². The van der Waals surface area contributed by atoms with Crippen LogP contribution in [0.15, 0.2) is 10.3 Å². The van der Waals surface area contributed by atoms with Gasteiger partial charge in [0.2, 0.25) is 10.0 Å². The first-order valence-electron chi connectivity index (χ1n) is 6.28. The van der Waals surface area contributed by atoms with Gasteiger partial charge in [0.05, 0.1) is 12.2 Å². The summed E-state index contributed by atoms with van der Waals surface area (Å²) in [5.74, 6) is 0. The number of aryl methyl sites for hydroxylation is 1. The largest absolute Gasteiger partial charge is 0.377 e. The van der Waals surface area contributed by atoms with Crippen LogP contribution in [0.4, 0.5) is 0 Å². The molecule has 6 nitrogen and oxygen atoms in total. The number of ether oxygens (including phenoxy) is 2. The van der Waals surface area contributed by atoms with Gasteiger partial charge in [0.1, 0.15) is 4.90 Å². The van der Waals surface area contributed by atoms with Gasteiger partial charge >= 0.3 is 0 Å². The lowest BCUT2D eigenvalue weighted by Gasteiger charge is -2.17. The summed E-state index contributed by atoms with van der Waals surface area (Å²) >= 11 is 1.38. The van der Waals surface area contributed by atoms with Crippen molar-refractivity contribution in [1.29, 1.82) is 0 Å². The van der Waals surface area contributed by atoms with Gasteiger partial charge in [-0.1, -0.05) is 0 Å². The average Bonchev–Trinajstić information content (AvgIpc) is 3.01. The summed E-state index contributed by atoms with van der Waals surface area (Å²) < 4.78 is 37.6. The number of hydrogen-bond acceptors (Lipinski definition) is 6. The van der Waals surface area contributed by atoms with Crippen LogP contribution < -0.4 is 5.73 Å². The van der Waals surface area contributed by atoms with Crippen LogP contribution in [0, 0.1) is 6.92 Å². The van der Waals surface area contributed by atoms with Crippen LogP contribution in [0.25, 0.3) is 0 Å². The minimum Gasteiger partial charge on any atom is -0.377 e. The van der Waals surface area contributed by atoms with Crippen LogP contribution in [-0.2, 0) is 26.0 Å². The van der Waals surface area contributed by atoms with Crippen molar-refractivity contribution in [2.24, 2.45) is 5.73 Å². The Hall–Kier alpha value is -0.510. The van der Waals surface area contributed by atoms with Crippen LogP contribution in [0.3, 0.4) is 0 Å². The number of thiophene rings is 1. The zero-order chi connectivity index (χ0) is 14.9. The lowest BCUT2D eigenvalue weighted by Crippen LogP contribution is -2.31. The zero-order valence-corrected chi connectivity index (χ0v) is 13.5. The van der Waals surface area contributed by atoms with Crippen molar-refractivity contribution in [1.82, 2.24) is 4.31 Å². The van der Waals surface area contributed by atoms with Gasteiger partial charge in [-0.25, -0.2) is 8.42 Å². The van der Waals surface area contributed by atoms with Crippen molar-refractivity contribution in [3.63, 3.8) is 0 Å². The molecule has 0 spiro atoms. The molecule has 2 atom stereocenters. The van der Waals surface area contributed by atoms with E-state index in [0.717, 1.165) is 5.56 Å². The van der Waals surface area contributed by atoms with Crippen LogP contribution in [-0.4, -0.2) is 52.2 Å². The molecule has 1 aromatic rings. The minimum atomic E-state index is -3.55. The zero-order valence-electron chi connectivity index (χ0n) is 11.8. The van der Waals surface area contributed by atoms with Gasteiger partial charge in [0, 0.05) is 38.7 Å². The lowest BCUT2D eigenvalue weighted by molar-refractivity contribution is -0.00461. The molecule has 8 heteroatoms. The van der Waals surface area contributed by atoms with E-state index < -0.39 is 10.0 Å². The van der Waals surface area contributed by atoms with Crippen LogP contribution in [0.5, 0.6) is 0 Å². The molecule has 0 aliphatic carbocycles. The van der Waals surface area contributed by atoms with Gasteiger partial charge in [-0.2, -0.15) is 4.31 Å². The van der Waals surface area contributed by atoms with Gasteiger partial charge in [-0.15, -0.1) is 11.3 Å².